The third kappa shape index (κ3) is 3.55. The van der Waals surface area contributed by atoms with Crippen molar-refractivity contribution in [3.8, 4) is 5.88 Å². The van der Waals surface area contributed by atoms with Gasteiger partial charge in [-0.25, -0.2) is 0 Å². The van der Waals surface area contributed by atoms with Gasteiger partial charge in [-0.3, -0.25) is 0 Å². The van der Waals surface area contributed by atoms with Crippen LogP contribution < -0.4 is 10.5 Å². The molecule has 0 spiro atoms. The van der Waals surface area contributed by atoms with E-state index in [1.54, 1.807) is 12.1 Å². The molecular weight excluding hydrogens is 166 g/mol. The molecule has 13 heavy (non-hydrogen) atoms. The molecule has 0 bridgehead atoms. The molecule has 0 atom stereocenters. The lowest BCUT2D eigenvalue weighted by atomic mass is 10.3. The fourth-order valence-electron chi connectivity index (χ4n) is 0.737. The molecule has 4 heteroatoms. The van der Waals surface area contributed by atoms with E-state index in [0.717, 1.165) is 12.0 Å². The summed E-state index contributed by atoms with van der Waals surface area (Å²) in [5.41, 5.74) is 6.45. The lowest BCUT2D eigenvalue weighted by molar-refractivity contribution is 0.306. The highest BCUT2D eigenvalue weighted by Crippen LogP contribution is 2.06. The van der Waals surface area contributed by atoms with E-state index in [1.165, 1.54) is 0 Å². The van der Waals surface area contributed by atoms with E-state index in [2.05, 4.69) is 16.8 Å². The monoisotopic (exact) mass is 179 g/mol. The van der Waals surface area contributed by atoms with Crippen molar-refractivity contribution in [2.75, 3.05) is 12.3 Å². The van der Waals surface area contributed by atoms with Gasteiger partial charge in [-0.1, -0.05) is 5.57 Å². The van der Waals surface area contributed by atoms with Gasteiger partial charge in [0.2, 0.25) is 5.88 Å². The molecule has 0 unspecified atom stereocenters. The Labute approximate surface area is 77.4 Å². The Morgan fingerprint density at radius 3 is 2.85 bits per heavy atom. The minimum absolute atomic E-state index is 0.396. The summed E-state index contributed by atoms with van der Waals surface area (Å²) >= 11 is 0. The molecule has 0 amide bonds. The molecule has 1 aromatic rings. The van der Waals surface area contributed by atoms with Crippen LogP contribution in [0.1, 0.15) is 13.3 Å². The summed E-state index contributed by atoms with van der Waals surface area (Å²) in [4.78, 5) is 0. The van der Waals surface area contributed by atoms with Gasteiger partial charge in [0.25, 0.3) is 0 Å². The van der Waals surface area contributed by atoms with E-state index in [0.29, 0.717) is 18.3 Å². The van der Waals surface area contributed by atoms with Crippen LogP contribution in [0.5, 0.6) is 5.88 Å². The van der Waals surface area contributed by atoms with Gasteiger partial charge in [-0.15, -0.1) is 16.8 Å². The SMILES string of the molecule is C=C(C)CCOc1ccc(N)nn1. The molecule has 0 aliphatic heterocycles. The first-order valence-corrected chi connectivity index (χ1v) is 4.05. The number of rotatable bonds is 4. The second kappa shape index (κ2) is 4.45. The van der Waals surface area contributed by atoms with Crippen molar-refractivity contribution >= 4 is 5.82 Å². The molecule has 0 radical (unpaired) electrons. The average molecular weight is 179 g/mol. The smallest absolute Gasteiger partial charge is 0.233 e. The van der Waals surface area contributed by atoms with Gasteiger partial charge in [-0.05, 0) is 13.0 Å². The first kappa shape index (κ1) is 9.51. The maximum absolute atomic E-state index is 5.36. The van der Waals surface area contributed by atoms with Crippen molar-refractivity contribution < 1.29 is 4.74 Å². The second-order valence-corrected chi connectivity index (χ2v) is 2.85. The van der Waals surface area contributed by atoms with E-state index in [4.69, 9.17) is 10.5 Å². The minimum Gasteiger partial charge on any atom is -0.476 e. The molecule has 0 aliphatic carbocycles. The van der Waals surface area contributed by atoms with Gasteiger partial charge < -0.3 is 10.5 Å². The highest BCUT2D eigenvalue weighted by Gasteiger charge is 1.95. The molecule has 0 aliphatic rings. The van der Waals surface area contributed by atoms with E-state index in [-0.39, 0.29) is 0 Å². The Kier molecular flexibility index (Phi) is 3.25. The molecule has 1 rings (SSSR count). The molecule has 1 heterocycles. The highest BCUT2D eigenvalue weighted by atomic mass is 16.5. The van der Waals surface area contributed by atoms with E-state index < -0.39 is 0 Å². The van der Waals surface area contributed by atoms with Crippen LogP contribution in [0.25, 0.3) is 0 Å². The molecule has 1 aromatic heterocycles. The zero-order valence-electron chi connectivity index (χ0n) is 7.66. The van der Waals surface area contributed by atoms with E-state index >= 15 is 0 Å². The predicted molar refractivity (Wildman–Crippen MR) is 51.4 cm³/mol. The molecule has 0 fully saturated rings. The second-order valence-electron chi connectivity index (χ2n) is 2.85. The summed E-state index contributed by atoms with van der Waals surface area (Å²) in [7, 11) is 0. The maximum Gasteiger partial charge on any atom is 0.233 e. The Balaban J connectivity index is 2.37. The largest absolute Gasteiger partial charge is 0.476 e. The fraction of sp³-hybridized carbons (Fsp3) is 0.333. The van der Waals surface area contributed by atoms with E-state index in [9.17, 15) is 0 Å². The first-order valence-electron chi connectivity index (χ1n) is 4.05. The van der Waals surface area contributed by atoms with Crippen molar-refractivity contribution in [1.82, 2.24) is 10.2 Å². The molecular formula is C9H13N3O. The van der Waals surface area contributed by atoms with Gasteiger partial charge in [-0.2, -0.15) is 0 Å². The van der Waals surface area contributed by atoms with Crippen molar-refractivity contribution in [3.05, 3.63) is 24.3 Å². The Morgan fingerprint density at radius 1 is 1.54 bits per heavy atom. The first-order chi connectivity index (χ1) is 6.18. The third-order valence-electron chi connectivity index (χ3n) is 1.44. The van der Waals surface area contributed by atoms with Crippen LogP contribution in [-0.4, -0.2) is 16.8 Å². The van der Waals surface area contributed by atoms with Crippen LogP contribution in [0.15, 0.2) is 24.3 Å². The summed E-state index contributed by atoms with van der Waals surface area (Å²) in [5.74, 6) is 0.891. The van der Waals surface area contributed by atoms with Crippen molar-refractivity contribution in [2.45, 2.75) is 13.3 Å². The van der Waals surface area contributed by atoms with Crippen LogP contribution in [0, 0.1) is 0 Å². The average Bonchev–Trinajstić information content (AvgIpc) is 2.08. The molecule has 2 N–H and O–H groups in total. The summed E-state index contributed by atoms with van der Waals surface area (Å²) in [6.45, 7) is 6.30. The zero-order valence-corrected chi connectivity index (χ0v) is 7.66. The number of nitrogen functional groups attached to an aromatic ring is 1. The molecule has 70 valence electrons. The van der Waals surface area contributed by atoms with Crippen LogP contribution in [0.3, 0.4) is 0 Å². The quantitative estimate of drug-likeness (QED) is 0.710. The zero-order chi connectivity index (χ0) is 9.68. The number of nitrogens with zero attached hydrogens (tertiary/aromatic N) is 2. The number of anilines is 1. The number of hydrogen-bond acceptors (Lipinski definition) is 4. The third-order valence-corrected chi connectivity index (χ3v) is 1.44. The molecule has 4 nitrogen and oxygen atoms in total. The Morgan fingerprint density at radius 2 is 2.31 bits per heavy atom. The molecule has 0 saturated heterocycles. The van der Waals surface area contributed by atoms with Crippen molar-refractivity contribution in [2.24, 2.45) is 0 Å². The summed E-state index contributed by atoms with van der Waals surface area (Å²) in [6.07, 6.45) is 0.825. The number of ether oxygens (including phenoxy) is 1. The lowest BCUT2D eigenvalue weighted by Gasteiger charge is -2.03. The number of nitrogens with two attached hydrogens (primary N) is 1. The summed E-state index contributed by atoms with van der Waals surface area (Å²) < 4.78 is 5.28. The fourth-order valence-corrected chi connectivity index (χ4v) is 0.737. The molecule has 0 saturated carbocycles. The van der Waals surface area contributed by atoms with Gasteiger partial charge in [0.1, 0.15) is 5.82 Å². The standard InChI is InChI=1S/C9H13N3O/c1-7(2)5-6-13-9-4-3-8(10)11-12-9/h3-4H,1,5-6H2,2H3,(H2,10,11). The van der Waals surface area contributed by atoms with Crippen molar-refractivity contribution in [1.29, 1.82) is 0 Å². The maximum atomic E-state index is 5.36. The van der Waals surface area contributed by atoms with Crippen LogP contribution in [-0.2, 0) is 0 Å². The predicted octanol–water partition coefficient (Wildman–Crippen LogP) is 1.40. The Bertz CT molecular complexity index is 281. The normalized spacial score (nSPS) is 9.62. The van der Waals surface area contributed by atoms with Crippen LogP contribution in [0.4, 0.5) is 5.82 Å². The van der Waals surface area contributed by atoms with Gasteiger partial charge in [0.05, 0.1) is 6.61 Å². The van der Waals surface area contributed by atoms with Crippen molar-refractivity contribution in [3.63, 3.8) is 0 Å². The number of aromatic nitrogens is 2. The molecule has 0 aromatic carbocycles. The summed E-state index contributed by atoms with van der Waals surface area (Å²) in [5, 5.41) is 7.41. The number of hydrogen-bond donors (Lipinski definition) is 1. The van der Waals surface area contributed by atoms with Crippen LogP contribution in [0.2, 0.25) is 0 Å². The van der Waals surface area contributed by atoms with Gasteiger partial charge in [0, 0.05) is 12.5 Å². The van der Waals surface area contributed by atoms with Gasteiger partial charge >= 0.3 is 0 Å². The lowest BCUT2D eigenvalue weighted by Crippen LogP contribution is -2.01. The topological polar surface area (TPSA) is 61.0 Å². The summed E-state index contributed by atoms with van der Waals surface area (Å²) in [6, 6.07) is 3.35. The minimum atomic E-state index is 0.396. The van der Waals surface area contributed by atoms with Crippen LogP contribution >= 0.6 is 0 Å². The Hall–Kier alpha value is -1.58. The van der Waals surface area contributed by atoms with E-state index in [1.807, 2.05) is 6.92 Å². The highest BCUT2D eigenvalue weighted by molar-refractivity contribution is 5.27. The van der Waals surface area contributed by atoms with Gasteiger partial charge in [0.15, 0.2) is 0 Å².